The maximum Gasteiger partial charge on any atom is 0.339 e. The third-order valence-corrected chi connectivity index (χ3v) is 2.20. The van der Waals surface area contributed by atoms with Crippen molar-refractivity contribution in [1.29, 1.82) is 0 Å². The highest BCUT2D eigenvalue weighted by Gasteiger charge is 2.13. The molecule has 1 aromatic carbocycles. The number of hydrogen-bond acceptors (Lipinski definition) is 4. The molecule has 7 heteroatoms. The van der Waals surface area contributed by atoms with Crippen LogP contribution in [0.3, 0.4) is 0 Å². The fraction of sp³-hybridized carbons (Fsp3) is 0. The van der Waals surface area contributed by atoms with Gasteiger partial charge in [0, 0.05) is 12.1 Å². The van der Waals surface area contributed by atoms with Gasteiger partial charge in [0.2, 0.25) is 5.88 Å². The fourth-order valence-corrected chi connectivity index (χ4v) is 1.33. The molecule has 0 atom stereocenters. The summed E-state index contributed by atoms with van der Waals surface area (Å²) < 4.78 is 18.2. The zero-order valence-corrected chi connectivity index (χ0v) is 9.56. The Morgan fingerprint density at radius 3 is 2.67 bits per heavy atom. The van der Waals surface area contributed by atoms with E-state index in [2.05, 4.69) is 10.2 Å². The van der Waals surface area contributed by atoms with Gasteiger partial charge in [0.15, 0.2) is 5.15 Å². The van der Waals surface area contributed by atoms with E-state index in [1.807, 2.05) is 0 Å². The van der Waals surface area contributed by atoms with Crippen molar-refractivity contribution in [2.24, 2.45) is 0 Å². The van der Waals surface area contributed by atoms with Crippen LogP contribution in [0.15, 0.2) is 30.3 Å². The molecule has 0 saturated carbocycles. The summed E-state index contributed by atoms with van der Waals surface area (Å²) in [6, 6.07) is 5.91. The highest BCUT2D eigenvalue weighted by Crippen LogP contribution is 2.25. The van der Waals surface area contributed by atoms with Crippen LogP contribution in [-0.4, -0.2) is 21.3 Å². The lowest BCUT2D eigenvalue weighted by atomic mass is 10.2. The van der Waals surface area contributed by atoms with Gasteiger partial charge in [0.05, 0.1) is 0 Å². The summed E-state index contributed by atoms with van der Waals surface area (Å²) in [7, 11) is 0. The van der Waals surface area contributed by atoms with Crippen LogP contribution in [0.5, 0.6) is 11.6 Å². The van der Waals surface area contributed by atoms with Crippen molar-refractivity contribution in [3.63, 3.8) is 0 Å². The maximum absolute atomic E-state index is 13.0. The molecule has 1 aromatic heterocycles. The predicted molar refractivity (Wildman–Crippen MR) is 60.5 cm³/mol. The van der Waals surface area contributed by atoms with Crippen LogP contribution in [0.2, 0.25) is 5.15 Å². The molecule has 92 valence electrons. The Balaban J connectivity index is 2.35. The average Bonchev–Trinajstić information content (AvgIpc) is 2.32. The highest BCUT2D eigenvalue weighted by molar-refractivity contribution is 6.29. The van der Waals surface area contributed by atoms with E-state index >= 15 is 0 Å². The Labute approximate surface area is 106 Å². The topological polar surface area (TPSA) is 72.3 Å². The van der Waals surface area contributed by atoms with Gasteiger partial charge in [0.1, 0.15) is 17.1 Å². The van der Waals surface area contributed by atoms with Crippen LogP contribution in [0.4, 0.5) is 4.39 Å². The summed E-state index contributed by atoms with van der Waals surface area (Å²) in [6.45, 7) is 0. The summed E-state index contributed by atoms with van der Waals surface area (Å²) >= 11 is 5.54. The van der Waals surface area contributed by atoms with Gasteiger partial charge < -0.3 is 9.84 Å². The first-order chi connectivity index (χ1) is 8.56. The minimum Gasteiger partial charge on any atom is -0.478 e. The monoisotopic (exact) mass is 268 g/mol. The second-order valence-corrected chi connectivity index (χ2v) is 3.63. The normalized spacial score (nSPS) is 10.1. The molecule has 0 bridgehead atoms. The first-order valence-electron chi connectivity index (χ1n) is 4.76. The molecule has 0 aliphatic rings. The van der Waals surface area contributed by atoms with E-state index in [0.717, 1.165) is 18.2 Å². The van der Waals surface area contributed by atoms with Crippen molar-refractivity contribution in [3.05, 3.63) is 46.9 Å². The molecule has 5 nitrogen and oxygen atoms in total. The lowest BCUT2D eigenvalue weighted by molar-refractivity contribution is 0.0694. The summed E-state index contributed by atoms with van der Waals surface area (Å²) in [6.07, 6.45) is 0. The van der Waals surface area contributed by atoms with E-state index in [1.54, 1.807) is 0 Å². The van der Waals surface area contributed by atoms with Gasteiger partial charge in [-0.05, 0) is 18.2 Å². The number of nitrogens with zero attached hydrogens (tertiary/aromatic N) is 2. The van der Waals surface area contributed by atoms with Crippen molar-refractivity contribution in [1.82, 2.24) is 10.2 Å². The van der Waals surface area contributed by atoms with Gasteiger partial charge in [-0.1, -0.05) is 11.6 Å². The number of carbonyl (C=O) groups is 1. The van der Waals surface area contributed by atoms with Crippen molar-refractivity contribution in [2.45, 2.75) is 0 Å². The second-order valence-electron chi connectivity index (χ2n) is 3.24. The van der Waals surface area contributed by atoms with Gasteiger partial charge >= 0.3 is 5.97 Å². The van der Waals surface area contributed by atoms with Crippen molar-refractivity contribution < 1.29 is 19.0 Å². The average molecular weight is 269 g/mol. The standard InChI is InChI=1S/C11H6ClFN2O3/c12-9-3-4-10(15-14-9)18-8-5-6(13)1-2-7(8)11(16)17/h1-5H,(H,16,17). The van der Waals surface area contributed by atoms with Crippen molar-refractivity contribution in [2.75, 3.05) is 0 Å². The number of hydrogen-bond donors (Lipinski definition) is 1. The summed E-state index contributed by atoms with van der Waals surface area (Å²) in [5, 5.41) is 16.2. The van der Waals surface area contributed by atoms with E-state index in [1.165, 1.54) is 12.1 Å². The van der Waals surface area contributed by atoms with E-state index in [4.69, 9.17) is 21.4 Å². The number of carboxylic acid groups (broad SMARTS) is 1. The largest absolute Gasteiger partial charge is 0.478 e. The number of benzene rings is 1. The van der Waals surface area contributed by atoms with Gasteiger partial charge in [-0.25, -0.2) is 9.18 Å². The van der Waals surface area contributed by atoms with E-state index in [9.17, 15) is 9.18 Å². The lowest BCUT2D eigenvalue weighted by Crippen LogP contribution is -2.01. The summed E-state index contributed by atoms with van der Waals surface area (Å²) in [5.41, 5.74) is -0.173. The quantitative estimate of drug-likeness (QED) is 0.927. The Morgan fingerprint density at radius 1 is 1.28 bits per heavy atom. The molecule has 0 radical (unpaired) electrons. The lowest BCUT2D eigenvalue weighted by Gasteiger charge is -2.07. The van der Waals surface area contributed by atoms with Crippen LogP contribution in [0, 0.1) is 5.82 Å². The molecule has 0 saturated heterocycles. The minimum absolute atomic E-state index is 0.0208. The van der Waals surface area contributed by atoms with Crippen LogP contribution >= 0.6 is 11.6 Å². The molecule has 18 heavy (non-hydrogen) atoms. The molecule has 0 aliphatic heterocycles. The van der Waals surface area contributed by atoms with Gasteiger partial charge in [0.25, 0.3) is 0 Å². The van der Waals surface area contributed by atoms with Crippen LogP contribution in [0.25, 0.3) is 0 Å². The van der Waals surface area contributed by atoms with Crippen LogP contribution in [-0.2, 0) is 0 Å². The van der Waals surface area contributed by atoms with Gasteiger partial charge in [-0.3, -0.25) is 0 Å². The Bertz CT molecular complexity index is 589. The van der Waals surface area contributed by atoms with Crippen molar-refractivity contribution in [3.8, 4) is 11.6 Å². The molecule has 1 heterocycles. The number of ether oxygens (including phenoxy) is 1. The Hall–Kier alpha value is -2.21. The first kappa shape index (κ1) is 12.3. The highest BCUT2D eigenvalue weighted by atomic mass is 35.5. The number of aromatic carboxylic acids is 1. The molecule has 0 spiro atoms. The maximum atomic E-state index is 13.0. The van der Waals surface area contributed by atoms with Crippen molar-refractivity contribution >= 4 is 17.6 Å². The second kappa shape index (κ2) is 4.97. The fourth-order valence-electron chi connectivity index (χ4n) is 1.23. The molecule has 0 unspecified atom stereocenters. The van der Waals surface area contributed by atoms with E-state index in [-0.39, 0.29) is 22.3 Å². The third kappa shape index (κ3) is 2.72. The molecular formula is C11H6ClFN2O3. The molecule has 2 rings (SSSR count). The van der Waals surface area contributed by atoms with Crippen LogP contribution < -0.4 is 4.74 Å². The Morgan fingerprint density at radius 2 is 2.06 bits per heavy atom. The molecular weight excluding hydrogens is 263 g/mol. The SMILES string of the molecule is O=C(O)c1ccc(F)cc1Oc1ccc(Cl)nn1. The summed E-state index contributed by atoms with van der Waals surface area (Å²) in [5.74, 6) is -1.98. The molecule has 0 aliphatic carbocycles. The number of aromatic nitrogens is 2. The minimum atomic E-state index is -1.23. The zero-order chi connectivity index (χ0) is 13.1. The zero-order valence-electron chi connectivity index (χ0n) is 8.80. The summed E-state index contributed by atoms with van der Waals surface area (Å²) in [4.78, 5) is 10.9. The molecule has 2 aromatic rings. The molecule has 0 amide bonds. The third-order valence-electron chi connectivity index (χ3n) is 2.00. The molecule has 1 N–H and O–H groups in total. The smallest absolute Gasteiger partial charge is 0.339 e. The van der Waals surface area contributed by atoms with Crippen LogP contribution in [0.1, 0.15) is 10.4 Å². The predicted octanol–water partition coefficient (Wildman–Crippen LogP) is 2.76. The van der Waals surface area contributed by atoms with E-state index in [0.29, 0.717) is 0 Å². The number of rotatable bonds is 3. The number of carboxylic acids is 1. The number of halogens is 2. The van der Waals surface area contributed by atoms with Gasteiger partial charge in [-0.15, -0.1) is 10.2 Å². The van der Waals surface area contributed by atoms with Gasteiger partial charge in [-0.2, -0.15) is 0 Å². The Kier molecular flexibility index (Phi) is 3.38. The first-order valence-corrected chi connectivity index (χ1v) is 5.14. The molecule has 0 fully saturated rings. The van der Waals surface area contributed by atoms with E-state index < -0.39 is 11.8 Å².